The van der Waals surface area contributed by atoms with Crippen LogP contribution < -0.4 is 4.74 Å². The van der Waals surface area contributed by atoms with Gasteiger partial charge in [-0.05, 0) is 12.1 Å². The van der Waals surface area contributed by atoms with Crippen molar-refractivity contribution in [3.8, 4) is 5.75 Å². The number of hydrogen-bond donors (Lipinski definition) is 1. The molecule has 0 aliphatic heterocycles. The van der Waals surface area contributed by atoms with Gasteiger partial charge >= 0.3 is 0 Å². The van der Waals surface area contributed by atoms with Crippen molar-refractivity contribution in [3.63, 3.8) is 0 Å². The fourth-order valence-corrected chi connectivity index (χ4v) is 1.36. The maximum absolute atomic E-state index is 12.4. The number of para-hydroxylation sites is 1. The first-order chi connectivity index (χ1) is 8.38. The van der Waals surface area contributed by atoms with Gasteiger partial charge in [-0.3, -0.25) is 0 Å². The zero-order valence-electron chi connectivity index (χ0n) is 9.91. The van der Waals surface area contributed by atoms with Gasteiger partial charge in [0.1, 0.15) is 25.1 Å². The highest BCUT2D eigenvalue weighted by molar-refractivity contribution is 6.32. The third kappa shape index (κ3) is 6.14. The van der Waals surface area contributed by atoms with Crippen molar-refractivity contribution in [1.82, 2.24) is 0 Å². The molecule has 0 saturated carbocycles. The molecule has 0 saturated heterocycles. The Labute approximate surface area is 109 Å². The van der Waals surface area contributed by atoms with Crippen LogP contribution in [0.4, 0.5) is 8.78 Å². The van der Waals surface area contributed by atoms with Crippen molar-refractivity contribution < 1.29 is 23.4 Å². The van der Waals surface area contributed by atoms with Crippen LogP contribution in [0.15, 0.2) is 24.3 Å². The lowest BCUT2D eigenvalue weighted by Crippen LogP contribution is -2.27. The van der Waals surface area contributed by atoms with E-state index in [0.29, 0.717) is 10.8 Å². The first-order valence-electron chi connectivity index (χ1n) is 5.39. The van der Waals surface area contributed by atoms with Crippen molar-refractivity contribution in [2.24, 2.45) is 0 Å². The monoisotopic (exact) mass is 280 g/mol. The van der Waals surface area contributed by atoms with Gasteiger partial charge in [0.15, 0.2) is 0 Å². The minimum Gasteiger partial charge on any atom is -0.489 e. The smallest absolute Gasteiger partial charge is 0.268 e. The molecular formula is C12H15ClF2O3. The SMILES string of the molecule is CC(F)(F)COCC(O)COc1ccccc1Cl. The largest absolute Gasteiger partial charge is 0.489 e. The van der Waals surface area contributed by atoms with E-state index < -0.39 is 18.6 Å². The molecule has 1 unspecified atom stereocenters. The van der Waals surface area contributed by atoms with E-state index in [9.17, 15) is 13.9 Å². The summed E-state index contributed by atoms with van der Waals surface area (Å²) in [4.78, 5) is 0. The Bertz CT molecular complexity index is 369. The number of benzene rings is 1. The van der Waals surface area contributed by atoms with Gasteiger partial charge in [-0.2, -0.15) is 0 Å². The Morgan fingerprint density at radius 2 is 2.00 bits per heavy atom. The number of aliphatic hydroxyl groups is 1. The van der Waals surface area contributed by atoms with E-state index in [1.54, 1.807) is 24.3 Å². The van der Waals surface area contributed by atoms with Crippen molar-refractivity contribution in [2.45, 2.75) is 19.0 Å². The number of ether oxygens (including phenoxy) is 2. The topological polar surface area (TPSA) is 38.7 Å². The second kappa shape index (κ2) is 6.87. The zero-order valence-corrected chi connectivity index (χ0v) is 10.7. The first kappa shape index (κ1) is 15.1. The number of aliphatic hydroxyl groups excluding tert-OH is 1. The minimum atomic E-state index is -2.90. The highest BCUT2D eigenvalue weighted by Gasteiger charge is 2.21. The Morgan fingerprint density at radius 1 is 1.33 bits per heavy atom. The van der Waals surface area contributed by atoms with Gasteiger partial charge in [0, 0.05) is 6.92 Å². The van der Waals surface area contributed by atoms with Crippen LogP contribution in [-0.2, 0) is 4.74 Å². The first-order valence-corrected chi connectivity index (χ1v) is 5.77. The molecule has 0 aliphatic rings. The van der Waals surface area contributed by atoms with Crippen LogP contribution in [0.2, 0.25) is 5.02 Å². The van der Waals surface area contributed by atoms with Crippen molar-refractivity contribution in [1.29, 1.82) is 0 Å². The van der Waals surface area contributed by atoms with Crippen LogP contribution in [0, 0.1) is 0 Å². The van der Waals surface area contributed by atoms with E-state index in [2.05, 4.69) is 4.74 Å². The standard InChI is InChI=1S/C12H15ClF2O3/c1-12(14,15)8-17-6-9(16)7-18-11-5-3-2-4-10(11)13/h2-5,9,16H,6-8H2,1H3. The molecule has 1 atom stereocenters. The highest BCUT2D eigenvalue weighted by Crippen LogP contribution is 2.23. The summed E-state index contributed by atoms with van der Waals surface area (Å²) in [7, 11) is 0. The average Bonchev–Trinajstić information content (AvgIpc) is 2.26. The number of halogens is 3. The van der Waals surface area contributed by atoms with E-state index >= 15 is 0 Å². The summed E-state index contributed by atoms with van der Waals surface area (Å²) < 4.78 is 34.7. The van der Waals surface area contributed by atoms with E-state index in [4.69, 9.17) is 16.3 Å². The number of rotatable bonds is 7. The molecule has 102 valence electrons. The molecule has 0 bridgehead atoms. The second-order valence-electron chi connectivity index (χ2n) is 3.98. The molecule has 0 heterocycles. The molecule has 1 aromatic rings. The lowest BCUT2D eigenvalue weighted by molar-refractivity contribution is -0.0831. The van der Waals surface area contributed by atoms with Gasteiger partial charge in [0.25, 0.3) is 5.92 Å². The summed E-state index contributed by atoms with van der Waals surface area (Å²) in [5, 5.41) is 9.88. The third-order valence-corrected chi connectivity index (χ3v) is 2.25. The van der Waals surface area contributed by atoms with E-state index in [1.807, 2.05) is 0 Å². The Morgan fingerprint density at radius 3 is 2.61 bits per heavy atom. The Hall–Kier alpha value is -0.910. The summed E-state index contributed by atoms with van der Waals surface area (Å²) in [5.41, 5.74) is 0. The molecule has 1 aromatic carbocycles. The fraction of sp³-hybridized carbons (Fsp3) is 0.500. The summed E-state index contributed by atoms with van der Waals surface area (Å²) in [6, 6.07) is 6.79. The van der Waals surface area contributed by atoms with Gasteiger partial charge in [-0.15, -0.1) is 0 Å². The predicted octanol–water partition coefficient (Wildman–Crippen LogP) is 2.75. The minimum absolute atomic E-state index is 0.0704. The van der Waals surface area contributed by atoms with Gasteiger partial charge in [0.05, 0.1) is 11.6 Å². The molecule has 0 fully saturated rings. The summed E-state index contributed by atoms with van der Waals surface area (Å²) in [6.45, 7) is -0.261. The highest BCUT2D eigenvalue weighted by atomic mass is 35.5. The lowest BCUT2D eigenvalue weighted by atomic mass is 10.3. The van der Waals surface area contributed by atoms with Crippen molar-refractivity contribution >= 4 is 11.6 Å². The molecule has 18 heavy (non-hydrogen) atoms. The maximum atomic E-state index is 12.4. The number of hydrogen-bond acceptors (Lipinski definition) is 3. The molecule has 3 nitrogen and oxygen atoms in total. The molecule has 1 rings (SSSR count). The van der Waals surface area contributed by atoms with Crippen LogP contribution in [0.25, 0.3) is 0 Å². The Kier molecular flexibility index (Phi) is 5.78. The van der Waals surface area contributed by atoms with E-state index in [-0.39, 0.29) is 13.2 Å². The normalized spacial score (nSPS) is 13.4. The van der Waals surface area contributed by atoms with Gasteiger partial charge < -0.3 is 14.6 Å². The van der Waals surface area contributed by atoms with Crippen molar-refractivity contribution in [3.05, 3.63) is 29.3 Å². The fourth-order valence-electron chi connectivity index (χ4n) is 1.17. The zero-order chi connectivity index (χ0) is 13.6. The summed E-state index contributed by atoms with van der Waals surface area (Å²) in [5.74, 6) is -2.47. The van der Waals surface area contributed by atoms with E-state index in [1.165, 1.54) is 0 Å². The summed E-state index contributed by atoms with van der Waals surface area (Å²) in [6.07, 6.45) is -0.983. The molecule has 6 heteroatoms. The lowest BCUT2D eigenvalue weighted by Gasteiger charge is -2.15. The van der Waals surface area contributed by atoms with Crippen LogP contribution in [0.3, 0.4) is 0 Å². The molecular weight excluding hydrogens is 266 g/mol. The molecule has 0 aromatic heterocycles. The van der Waals surface area contributed by atoms with Crippen LogP contribution >= 0.6 is 11.6 Å². The van der Waals surface area contributed by atoms with Crippen LogP contribution in [0.5, 0.6) is 5.75 Å². The summed E-state index contributed by atoms with van der Waals surface area (Å²) >= 11 is 5.83. The molecule has 0 radical (unpaired) electrons. The third-order valence-electron chi connectivity index (χ3n) is 1.93. The quantitative estimate of drug-likeness (QED) is 0.835. The second-order valence-corrected chi connectivity index (χ2v) is 4.39. The van der Waals surface area contributed by atoms with Gasteiger partial charge in [-0.25, -0.2) is 8.78 Å². The maximum Gasteiger partial charge on any atom is 0.268 e. The van der Waals surface area contributed by atoms with Crippen LogP contribution in [0.1, 0.15) is 6.92 Å². The van der Waals surface area contributed by atoms with Gasteiger partial charge in [-0.1, -0.05) is 23.7 Å². The predicted molar refractivity (Wildman–Crippen MR) is 64.4 cm³/mol. The molecule has 1 N–H and O–H groups in total. The molecule has 0 amide bonds. The van der Waals surface area contributed by atoms with Crippen molar-refractivity contribution in [2.75, 3.05) is 19.8 Å². The molecule has 0 aliphatic carbocycles. The van der Waals surface area contributed by atoms with Gasteiger partial charge in [0.2, 0.25) is 0 Å². The van der Waals surface area contributed by atoms with Crippen LogP contribution in [-0.4, -0.2) is 37.0 Å². The molecule has 0 spiro atoms. The van der Waals surface area contributed by atoms with E-state index in [0.717, 1.165) is 6.92 Å². The Balaban J connectivity index is 2.25. The number of alkyl halides is 2. The average molecular weight is 281 g/mol.